The maximum atomic E-state index is 12.5. The minimum Gasteiger partial charge on any atom is -0.493 e. The molecule has 0 spiro atoms. The Labute approximate surface area is 186 Å². The fourth-order valence-corrected chi connectivity index (χ4v) is 2.98. The predicted octanol–water partition coefficient (Wildman–Crippen LogP) is 2.63. The van der Waals surface area contributed by atoms with E-state index in [1.807, 2.05) is 12.1 Å². The Morgan fingerprint density at radius 1 is 1.38 bits per heavy atom. The van der Waals surface area contributed by atoms with E-state index in [0.29, 0.717) is 43.5 Å². The molecule has 0 bridgehead atoms. The van der Waals surface area contributed by atoms with E-state index >= 15 is 0 Å². The van der Waals surface area contributed by atoms with Gasteiger partial charge in [0.25, 0.3) is 0 Å². The zero-order valence-electron chi connectivity index (χ0n) is 16.4. The van der Waals surface area contributed by atoms with Gasteiger partial charge in [-0.25, -0.2) is 0 Å². The van der Waals surface area contributed by atoms with Crippen molar-refractivity contribution in [3.8, 4) is 23.8 Å². The highest BCUT2D eigenvalue weighted by Crippen LogP contribution is 2.28. The molecule has 1 aromatic carbocycles. The first-order valence-corrected chi connectivity index (χ1v) is 8.84. The minimum atomic E-state index is -4.18. The van der Waals surface area contributed by atoms with Gasteiger partial charge in [0.15, 0.2) is 17.5 Å². The molecule has 10 heteroatoms. The number of rotatable bonds is 7. The van der Waals surface area contributed by atoms with Gasteiger partial charge in [0.2, 0.25) is 0 Å². The third kappa shape index (κ3) is 8.57. The smallest absolute Gasteiger partial charge is 0.401 e. The van der Waals surface area contributed by atoms with Crippen molar-refractivity contribution >= 4 is 29.9 Å². The third-order valence-corrected chi connectivity index (χ3v) is 4.24. The number of guanidine groups is 1. The largest absolute Gasteiger partial charge is 0.493 e. The summed E-state index contributed by atoms with van der Waals surface area (Å²) < 4.78 is 48.2. The lowest BCUT2D eigenvalue weighted by molar-refractivity contribution is -0.143. The maximum Gasteiger partial charge on any atom is 0.401 e. The Morgan fingerprint density at radius 2 is 2.14 bits per heavy atom. The van der Waals surface area contributed by atoms with Crippen LogP contribution in [0.2, 0.25) is 0 Å². The summed E-state index contributed by atoms with van der Waals surface area (Å²) in [6, 6.07) is 5.39. The maximum absolute atomic E-state index is 12.5. The van der Waals surface area contributed by atoms with Gasteiger partial charge in [-0.2, -0.15) is 13.2 Å². The molecule has 2 rings (SSSR count). The number of methoxy groups -OCH3 is 1. The first kappa shape index (κ1) is 25.2. The van der Waals surface area contributed by atoms with E-state index < -0.39 is 12.7 Å². The van der Waals surface area contributed by atoms with Crippen molar-refractivity contribution in [2.75, 3.05) is 40.4 Å². The monoisotopic (exact) mass is 526 g/mol. The van der Waals surface area contributed by atoms with Crippen molar-refractivity contribution in [3.63, 3.8) is 0 Å². The number of halogens is 4. The molecule has 1 atom stereocenters. The summed E-state index contributed by atoms with van der Waals surface area (Å²) in [5, 5.41) is 6.33. The minimum absolute atomic E-state index is 0. The lowest BCUT2D eigenvalue weighted by Crippen LogP contribution is -2.44. The lowest BCUT2D eigenvalue weighted by Gasteiger charge is -2.20. The molecule has 0 radical (unpaired) electrons. The van der Waals surface area contributed by atoms with Crippen LogP contribution in [0.1, 0.15) is 12.0 Å². The molecule has 6 nitrogen and oxygen atoms in total. The van der Waals surface area contributed by atoms with Crippen LogP contribution < -0.4 is 20.1 Å². The van der Waals surface area contributed by atoms with Gasteiger partial charge in [0.1, 0.15) is 6.61 Å². The Morgan fingerprint density at radius 3 is 2.76 bits per heavy atom. The Hall–Kier alpha value is -1.87. The second kappa shape index (κ2) is 12.0. The molecule has 1 aliphatic rings. The zero-order valence-corrected chi connectivity index (χ0v) is 18.7. The van der Waals surface area contributed by atoms with E-state index in [4.69, 9.17) is 15.9 Å². The summed E-state index contributed by atoms with van der Waals surface area (Å²) in [5.41, 5.74) is 0.917. The highest BCUT2D eigenvalue weighted by Gasteiger charge is 2.34. The van der Waals surface area contributed by atoms with Crippen molar-refractivity contribution in [1.82, 2.24) is 15.5 Å². The van der Waals surface area contributed by atoms with Crippen molar-refractivity contribution in [2.24, 2.45) is 4.99 Å². The fourth-order valence-electron chi connectivity index (χ4n) is 2.98. The summed E-state index contributed by atoms with van der Waals surface area (Å²) in [7, 11) is 3.17. The van der Waals surface area contributed by atoms with E-state index in [0.717, 1.165) is 5.56 Å². The van der Waals surface area contributed by atoms with Crippen molar-refractivity contribution in [1.29, 1.82) is 0 Å². The highest BCUT2D eigenvalue weighted by atomic mass is 127. The average molecular weight is 526 g/mol. The van der Waals surface area contributed by atoms with Crippen molar-refractivity contribution in [3.05, 3.63) is 23.8 Å². The van der Waals surface area contributed by atoms with Crippen molar-refractivity contribution < 1.29 is 22.6 Å². The first-order chi connectivity index (χ1) is 13.3. The topological polar surface area (TPSA) is 58.1 Å². The van der Waals surface area contributed by atoms with Crippen LogP contribution in [-0.4, -0.2) is 63.5 Å². The van der Waals surface area contributed by atoms with Gasteiger partial charge >= 0.3 is 6.18 Å². The molecule has 1 saturated heterocycles. The molecule has 1 heterocycles. The zero-order chi connectivity index (χ0) is 20.6. The van der Waals surface area contributed by atoms with Crippen LogP contribution >= 0.6 is 24.0 Å². The quantitative estimate of drug-likeness (QED) is 0.248. The normalized spacial score (nSPS) is 17.2. The Bertz CT molecular complexity index is 722. The van der Waals surface area contributed by atoms with Gasteiger partial charge in [-0.3, -0.25) is 9.89 Å². The number of hydrogen-bond acceptors (Lipinski definition) is 4. The summed E-state index contributed by atoms with van der Waals surface area (Å²) in [4.78, 5) is 5.54. The average Bonchev–Trinajstić information content (AvgIpc) is 3.08. The first-order valence-electron chi connectivity index (χ1n) is 8.84. The molecule has 162 valence electrons. The second-order valence-corrected chi connectivity index (χ2v) is 6.38. The summed E-state index contributed by atoms with van der Waals surface area (Å²) in [6.07, 6.45) is 1.68. The number of benzene rings is 1. The van der Waals surface area contributed by atoms with Gasteiger partial charge in [-0.15, -0.1) is 30.4 Å². The van der Waals surface area contributed by atoms with E-state index in [1.165, 1.54) is 4.90 Å². The molecular formula is C19H26F3IN4O2. The molecule has 29 heavy (non-hydrogen) atoms. The number of likely N-dealkylation sites (tertiary alicyclic amines) is 1. The van der Waals surface area contributed by atoms with Gasteiger partial charge < -0.3 is 20.1 Å². The molecular weight excluding hydrogens is 500 g/mol. The van der Waals surface area contributed by atoms with E-state index in [-0.39, 0.29) is 36.6 Å². The number of terminal acetylenes is 1. The van der Waals surface area contributed by atoms with Crippen molar-refractivity contribution in [2.45, 2.75) is 25.2 Å². The van der Waals surface area contributed by atoms with Crippen LogP contribution in [0, 0.1) is 12.3 Å². The predicted molar refractivity (Wildman–Crippen MR) is 117 cm³/mol. The molecule has 0 amide bonds. The summed E-state index contributed by atoms with van der Waals surface area (Å²) in [6.45, 7) is 0.431. The van der Waals surface area contributed by atoms with Crippen LogP contribution in [0.5, 0.6) is 11.5 Å². The third-order valence-electron chi connectivity index (χ3n) is 4.24. The van der Waals surface area contributed by atoms with Crippen LogP contribution in [0.3, 0.4) is 0 Å². The Kier molecular flexibility index (Phi) is 10.4. The number of ether oxygens (including phenoxy) is 2. The molecule has 1 aromatic rings. The van der Waals surface area contributed by atoms with Gasteiger partial charge in [-0.05, 0) is 24.1 Å². The van der Waals surface area contributed by atoms with Gasteiger partial charge in [-0.1, -0.05) is 12.0 Å². The van der Waals surface area contributed by atoms with Crippen LogP contribution in [0.4, 0.5) is 13.2 Å². The number of alkyl halides is 3. The molecule has 1 unspecified atom stereocenters. The van der Waals surface area contributed by atoms with Crippen LogP contribution in [0.25, 0.3) is 0 Å². The molecule has 1 fully saturated rings. The van der Waals surface area contributed by atoms with E-state index in [2.05, 4.69) is 21.5 Å². The number of hydrogen-bond donors (Lipinski definition) is 2. The number of aliphatic imine (C=N–C) groups is 1. The van der Waals surface area contributed by atoms with Crippen LogP contribution in [-0.2, 0) is 6.54 Å². The molecule has 0 saturated carbocycles. The number of nitrogens with zero attached hydrogens (tertiary/aromatic N) is 2. The molecule has 2 N–H and O–H groups in total. The molecule has 0 aliphatic carbocycles. The van der Waals surface area contributed by atoms with Gasteiger partial charge in [0.05, 0.1) is 13.7 Å². The standard InChI is InChI=1S/C19H25F3N4O2.HI/c1-4-9-28-17-10-14(5-6-16(17)27-3)11-24-18(23-2)25-15-7-8-26(12-15)13-19(20,21)22;/h1,5-6,10,15H,7-9,11-13H2,2-3H3,(H2,23,24,25);1H. The van der Waals surface area contributed by atoms with Crippen LogP contribution in [0.15, 0.2) is 23.2 Å². The lowest BCUT2D eigenvalue weighted by atomic mass is 10.2. The molecule has 0 aromatic heterocycles. The highest BCUT2D eigenvalue weighted by molar-refractivity contribution is 14.0. The SMILES string of the molecule is C#CCOc1cc(CNC(=NC)NC2CCN(CC(F)(F)F)C2)ccc1OC.I. The molecule has 1 aliphatic heterocycles. The number of nitrogens with one attached hydrogen (secondary N) is 2. The Balaban J connectivity index is 0.00000420. The summed E-state index contributed by atoms with van der Waals surface area (Å²) >= 11 is 0. The van der Waals surface area contributed by atoms with E-state index in [9.17, 15) is 13.2 Å². The van der Waals surface area contributed by atoms with E-state index in [1.54, 1.807) is 20.2 Å². The summed E-state index contributed by atoms with van der Waals surface area (Å²) in [5.74, 6) is 4.06. The van der Waals surface area contributed by atoms with Gasteiger partial charge in [0, 0.05) is 32.7 Å². The fraction of sp³-hybridized carbons (Fsp3) is 0.526. The second-order valence-electron chi connectivity index (χ2n) is 6.38.